The standard InChI is InChI=1S/C23H15ClF3N7O/c1-33-7-6-18(32-33)20-17(24)8-14(10-29-20)31-22(35)16-11-30-34(21(16)23(25,26)27)19-12-28-9-13-4-2-3-5-15(13)19/h2-12H,1H3,(H,31,35). The van der Waals surface area contributed by atoms with E-state index in [0.29, 0.717) is 26.8 Å². The van der Waals surface area contributed by atoms with Crippen molar-refractivity contribution < 1.29 is 18.0 Å². The molecule has 1 aromatic carbocycles. The highest BCUT2D eigenvalue weighted by Gasteiger charge is 2.41. The molecule has 4 heterocycles. The van der Waals surface area contributed by atoms with Crippen molar-refractivity contribution in [1.82, 2.24) is 29.5 Å². The molecule has 0 radical (unpaired) electrons. The number of hydrogen-bond acceptors (Lipinski definition) is 5. The quantitative estimate of drug-likeness (QED) is 0.371. The molecule has 0 saturated heterocycles. The number of alkyl halides is 3. The van der Waals surface area contributed by atoms with Gasteiger partial charge in [0.1, 0.15) is 11.4 Å². The Hall–Kier alpha value is -4.25. The SMILES string of the molecule is Cn1ccc(-c2ncc(NC(=O)c3cnn(-c4cncc5ccccc45)c3C(F)(F)F)cc2Cl)n1. The second kappa shape index (κ2) is 8.51. The molecule has 0 unspecified atom stereocenters. The molecule has 5 rings (SSSR count). The Morgan fingerprint density at radius 3 is 2.60 bits per heavy atom. The number of pyridine rings is 2. The molecule has 0 saturated carbocycles. The smallest absolute Gasteiger partial charge is 0.320 e. The van der Waals surface area contributed by atoms with E-state index in [1.807, 2.05) is 0 Å². The van der Waals surface area contributed by atoms with E-state index in [4.69, 9.17) is 11.6 Å². The van der Waals surface area contributed by atoms with E-state index in [1.165, 1.54) is 24.7 Å². The topological polar surface area (TPSA) is 90.5 Å². The molecular weight excluding hydrogens is 483 g/mol. The zero-order valence-electron chi connectivity index (χ0n) is 18.0. The van der Waals surface area contributed by atoms with Gasteiger partial charge in [0, 0.05) is 30.2 Å². The Labute approximate surface area is 201 Å². The fourth-order valence-electron chi connectivity index (χ4n) is 3.67. The molecule has 12 heteroatoms. The van der Waals surface area contributed by atoms with E-state index in [-0.39, 0.29) is 16.4 Å². The summed E-state index contributed by atoms with van der Waals surface area (Å²) < 4.78 is 44.6. The van der Waals surface area contributed by atoms with Crippen LogP contribution in [0.3, 0.4) is 0 Å². The summed E-state index contributed by atoms with van der Waals surface area (Å²) in [4.78, 5) is 21.1. The highest BCUT2D eigenvalue weighted by atomic mass is 35.5. The second-order valence-corrected chi connectivity index (χ2v) is 7.99. The van der Waals surface area contributed by atoms with Crippen molar-refractivity contribution in [2.75, 3.05) is 5.32 Å². The van der Waals surface area contributed by atoms with Gasteiger partial charge in [-0.05, 0) is 12.1 Å². The van der Waals surface area contributed by atoms with Crippen LogP contribution in [0.25, 0.3) is 27.8 Å². The van der Waals surface area contributed by atoms with Gasteiger partial charge in [-0.2, -0.15) is 23.4 Å². The Morgan fingerprint density at radius 1 is 1.09 bits per heavy atom. The van der Waals surface area contributed by atoms with Crippen molar-refractivity contribution in [1.29, 1.82) is 0 Å². The molecule has 176 valence electrons. The zero-order valence-corrected chi connectivity index (χ0v) is 18.7. The first-order valence-electron chi connectivity index (χ1n) is 10.2. The van der Waals surface area contributed by atoms with E-state index in [9.17, 15) is 18.0 Å². The molecule has 0 bridgehead atoms. The number of anilines is 1. The van der Waals surface area contributed by atoms with Crippen LogP contribution < -0.4 is 5.32 Å². The van der Waals surface area contributed by atoms with E-state index in [1.54, 1.807) is 48.3 Å². The van der Waals surface area contributed by atoms with Crippen molar-refractivity contribution >= 4 is 34.0 Å². The third-order valence-corrected chi connectivity index (χ3v) is 5.50. The van der Waals surface area contributed by atoms with Crippen LogP contribution in [0.15, 0.2) is 67.4 Å². The molecule has 4 aromatic heterocycles. The van der Waals surface area contributed by atoms with E-state index >= 15 is 0 Å². The van der Waals surface area contributed by atoms with Gasteiger partial charge < -0.3 is 5.32 Å². The average molecular weight is 498 g/mol. The van der Waals surface area contributed by atoms with Crippen LogP contribution in [0.1, 0.15) is 16.1 Å². The first kappa shape index (κ1) is 22.5. The lowest BCUT2D eigenvalue weighted by Gasteiger charge is -2.14. The molecule has 5 aromatic rings. The maximum absolute atomic E-state index is 14.1. The van der Waals surface area contributed by atoms with Gasteiger partial charge in [0.15, 0.2) is 5.69 Å². The maximum atomic E-state index is 14.1. The number of amides is 1. The third-order valence-electron chi connectivity index (χ3n) is 5.21. The highest BCUT2D eigenvalue weighted by Crippen LogP contribution is 2.35. The van der Waals surface area contributed by atoms with Gasteiger partial charge >= 0.3 is 6.18 Å². The van der Waals surface area contributed by atoms with Crippen LogP contribution in [-0.2, 0) is 13.2 Å². The summed E-state index contributed by atoms with van der Waals surface area (Å²) in [5.74, 6) is -1.01. The number of carbonyl (C=O) groups excluding carboxylic acids is 1. The van der Waals surface area contributed by atoms with Crippen molar-refractivity contribution in [2.45, 2.75) is 6.18 Å². The summed E-state index contributed by atoms with van der Waals surface area (Å²) in [5, 5.41) is 11.8. The Balaban J connectivity index is 1.51. The van der Waals surface area contributed by atoms with Crippen molar-refractivity contribution in [2.24, 2.45) is 7.05 Å². The predicted octanol–water partition coefficient (Wildman–Crippen LogP) is 5.14. The Kier molecular flexibility index (Phi) is 5.48. The molecule has 0 aliphatic heterocycles. The number of carbonyl (C=O) groups is 1. The molecule has 0 fully saturated rings. The van der Waals surface area contributed by atoms with Gasteiger partial charge in [-0.15, -0.1) is 0 Å². The number of aromatic nitrogens is 6. The van der Waals surface area contributed by atoms with Gasteiger partial charge in [-0.25, -0.2) is 4.68 Å². The van der Waals surface area contributed by atoms with Crippen LogP contribution >= 0.6 is 11.6 Å². The minimum Gasteiger partial charge on any atom is -0.320 e. The number of nitrogens with zero attached hydrogens (tertiary/aromatic N) is 6. The molecule has 0 atom stereocenters. The van der Waals surface area contributed by atoms with Crippen molar-refractivity contribution in [3.8, 4) is 17.1 Å². The molecule has 0 aliphatic carbocycles. The lowest BCUT2D eigenvalue weighted by Crippen LogP contribution is -2.21. The number of rotatable bonds is 4. The van der Waals surface area contributed by atoms with E-state index in [0.717, 1.165) is 6.20 Å². The van der Waals surface area contributed by atoms with Gasteiger partial charge in [-0.3, -0.25) is 19.4 Å². The lowest BCUT2D eigenvalue weighted by atomic mass is 10.1. The normalized spacial score (nSPS) is 11.7. The van der Waals surface area contributed by atoms with Crippen LogP contribution in [0.2, 0.25) is 5.02 Å². The second-order valence-electron chi connectivity index (χ2n) is 7.58. The fourth-order valence-corrected chi connectivity index (χ4v) is 3.94. The molecule has 0 aliphatic rings. The zero-order chi connectivity index (χ0) is 24.7. The largest absolute Gasteiger partial charge is 0.434 e. The molecule has 0 spiro atoms. The Morgan fingerprint density at radius 2 is 1.89 bits per heavy atom. The summed E-state index contributed by atoms with van der Waals surface area (Å²) in [6, 6.07) is 9.92. The Bertz CT molecular complexity index is 1570. The molecule has 1 amide bonds. The predicted molar refractivity (Wildman–Crippen MR) is 123 cm³/mol. The van der Waals surface area contributed by atoms with Gasteiger partial charge in [0.25, 0.3) is 5.91 Å². The van der Waals surface area contributed by atoms with Crippen LogP contribution in [0, 0.1) is 0 Å². The minimum atomic E-state index is -4.88. The van der Waals surface area contributed by atoms with Gasteiger partial charge in [0.2, 0.25) is 0 Å². The maximum Gasteiger partial charge on any atom is 0.434 e. The summed E-state index contributed by atoms with van der Waals surface area (Å²) >= 11 is 6.28. The average Bonchev–Trinajstić information content (AvgIpc) is 3.45. The number of benzene rings is 1. The van der Waals surface area contributed by atoms with Crippen LogP contribution in [0.5, 0.6) is 0 Å². The monoisotopic (exact) mass is 497 g/mol. The first-order valence-corrected chi connectivity index (χ1v) is 10.6. The summed E-state index contributed by atoms with van der Waals surface area (Å²) in [5.41, 5.74) is -0.781. The highest BCUT2D eigenvalue weighted by molar-refractivity contribution is 6.33. The summed E-state index contributed by atoms with van der Waals surface area (Å²) in [6.07, 6.45) is 1.81. The number of aryl methyl sites for hydroxylation is 1. The number of halogens is 4. The molecule has 1 N–H and O–H groups in total. The van der Waals surface area contributed by atoms with E-state index < -0.39 is 23.3 Å². The third kappa shape index (κ3) is 4.21. The van der Waals surface area contributed by atoms with Gasteiger partial charge in [0.05, 0.1) is 40.6 Å². The number of nitrogens with one attached hydrogen (secondary N) is 1. The molecule has 35 heavy (non-hydrogen) atoms. The van der Waals surface area contributed by atoms with Crippen molar-refractivity contribution in [3.63, 3.8) is 0 Å². The first-order chi connectivity index (χ1) is 16.7. The fraction of sp³-hybridized carbons (Fsp3) is 0.0870. The number of hydrogen-bond donors (Lipinski definition) is 1. The van der Waals surface area contributed by atoms with Crippen LogP contribution in [0.4, 0.5) is 18.9 Å². The number of fused-ring (bicyclic) bond motifs is 1. The van der Waals surface area contributed by atoms with Crippen LogP contribution in [-0.4, -0.2) is 35.4 Å². The summed E-state index contributed by atoms with van der Waals surface area (Å²) in [6.45, 7) is 0. The molecular formula is C23H15ClF3N7O. The summed E-state index contributed by atoms with van der Waals surface area (Å²) in [7, 11) is 1.73. The van der Waals surface area contributed by atoms with Gasteiger partial charge in [-0.1, -0.05) is 35.9 Å². The van der Waals surface area contributed by atoms with E-state index in [2.05, 4.69) is 25.5 Å². The lowest BCUT2D eigenvalue weighted by molar-refractivity contribution is -0.143. The van der Waals surface area contributed by atoms with Crippen molar-refractivity contribution in [3.05, 3.63) is 83.7 Å². The molecule has 8 nitrogen and oxygen atoms in total. The minimum absolute atomic E-state index is 0.0962.